The molecule has 0 saturated carbocycles. The van der Waals surface area contributed by atoms with Crippen molar-refractivity contribution < 1.29 is 24.1 Å². The minimum absolute atomic E-state index is 0.0730. The van der Waals surface area contributed by atoms with Gasteiger partial charge in [0.1, 0.15) is 11.9 Å². The van der Waals surface area contributed by atoms with Gasteiger partial charge in [-0.3, -0.25) is 0 Å². The van der Waals surface area contributed by atoms with Gasteiger partial charge < -0.3 is 14.9 Å². The fourth-order valence-electron chi connectivity index (χ4n) is 1.27. The highest BCUT2D eigenvalue weighted by atomic mass is 79.9. The van der Waals surface area contributed by atoms with Crippen molar-refractivity contribution in [3.8, 4) is 0 Å². The zero-order valence-corrected chi connectivity index (χ0v) is 10.6. The molecule has 0 aliphatic carbocycles. The predicted octanol–water partition coefficient (Wildman–Crippen LogP) is 1.55. The maximum atomic E-state index is 13.4. The third-order valence-corrected chi connectivity index (χ3v) is 2.60. The summed E-state index contributed by atoms with van der Waals surface area (Å²) in [7, 11) is 0. The number of carbonyl (C=O) groups is 1. The summed E-state index contributed by atoms with van der Waals surface area (Å²) in [4.78, 5) is 11.2. The van der Waals surface area contributed by atoms with Gasteiger partial charge in [0.05, 0.1) is 6.61 Å². The van der Waals surface area contributed by atoms with E-state index in [0.29, 0.717) is 4.47 Å². The zero-order valence-electron chi connectivity index (χ0n) is 9.06. The number of ether oxygens (including phenoxy) is 1. The fourth-order valence-corrected chi connectivity index (χ4v) is 1.65. The Morgan fingerprint density at radius 3 is 2.76 bits per heavy atom. The first-order chi connectivity index (χ1) is 7.97. The van der Waals surface area contributed by atoms with Gasteiger partial charge in [-0.05, 0) is 25.1 Å². The molecule has 6 heteroatoms. The maximum Gasteiger partial charge on any atom is 0.338 e. The molecule has 2 atom stereocenters. The molecule has 0 fully saturated rings. The second kappa shape index (κ2) is 6.09. The van der Waals surface area contributed by atoms with Crippen molar-refractivity contribution in [3.05, 3.63) is 34.1 Å². The van der Waals surface area contributed by atoms with E-state index in [1.807, 2.05) is 0 Å². The SMILES string of the molecule is CCOC(=O)C(O)C(O)c1cc(Br)ccc1F. The van der Waals surface area contributed by atoms with Gasteiger partial charge in [-0.2, -0.15) is 0 Å². The number of rotatable bonds is 4. The van der Waals surface area contributed by atoms with Crippen LogP contribution < -0.4 is 0 Å². The molecule has 17 heavy (non-hydrogen) atoms. The number of hydrogen-bond donors (Lipinski definition) is 2. The van der Waals surface area contributed by atoms with E-state index in [1.54, 1.807) is 6.92 Å². The number of aliphatic hydroxyl groups is 2. The van der Waals surface area contributed by atoms with Crippen LogP contribution in [0.25, 0.3) is 0 Å². The number of carbonyl (C=O) groups excluding carboxylic acids is 1. The number of hydrogen-bond acceptors (Lipinski definition) is 4. The molecule has 0 amide bonds. The molecule has 2 unspecified atom stereocenters. The van der Waals surface area contributed by atoms with E-state index in [4.69, 9.17) is 0 Å². The van der Waals surface area contributed by atoms with Crippen molar-refractivity contribution >= 4 is 21.9 Å². The highest BCUT2D eigenvalue weighted by Gasteiger charge is 2.29. The van der Waals surface area contributed by atoms with Gasteiger partial charge in [-0.15, -0.1) is 0 Å². The van der Waals surface area contributed by atoms with Crippen molar-refractivity contribution in [1.29, 1.82) is 0 Å². The summed E-state index contributed by atoms with van der Waals surface area (Å²) < 4.78 is 18.5. The van der Waals surface area contributed by atoms with E-state index in [2.05, 4.69) is 20.7 Å². The molecule has 4 nitrogen and oxygen atoms in total. The second-order valence-electron chi connectivity index (χ2n) is 3.31. The third-order valence-electron chi connectivity index (χ3n) is 2.10. The van der Waals surface area contributed by atoms with Crippen LogP contribution in [-0.2, 0) is 9.53 Å². The van der Waals surface area contributed by atoms with Crippen LogP contribution in [0.3, 0.4) is 0 Å². The summed E-state index contributed by atoms with van der Waals surface area (Å²) in [6, 6.07) is 3.87. The Morgan fingerprint density at radius 1 is 1.53 bits per heavy atom. The highest BCUT2D eigenvalue weighted by molar-refractivity contribution is 9.10. The summed E-state index contributed by atoms with van der Waals surface area (Å²) in [6.45, 7) is 1.64. The monoisotopic (exact) mass is 306 g/mol. The van der Waals surface area contributed by atoms with Crippen LogP contribution in [0.5, 0.6) is 0 Å². The molecule has 0 saturated heterocycles. The summed E-state index contributed by atoms with van der Waals surface area (Å²) >= 11 is 3.11. The summed E-state index contributed by atoms with van der Waals surface area (Å²) in [6.07, 6.45) is -3.47. The molecular weight excluding hydrogens is 295 g/mol. The van der Waals surface area contributed by atoms with Crippen LogP contribution in [0.2, 0.25) is 0 Å². The van der Waals surface area contributed by atoms with E-state index in [-0.39, 0.29) is 12.2 Å². The van der Waals surface area contributed by atoms with Crippen LogP contribution in [-0.4, -0.2) is 28.9 Å². The number of aliphatic hydroxyl groups excluding tert-OH is 2. The van der Waals surface area contributed by atoms with Crippen LogP contribution in [0.4, 0.5) is 4.39 Å². The lowest BCUT2D eigenvalue weighted by Crippen LogP contribution is -2.30. The molecule has 1 aromatic carbocycles. The van der Waals surface area contributed by atoms with Crippen molar-refractivity contribution in [1.82, 2.24) is 0 Å². The summed E-state index contributed by atoms with van der Waals surface area (Å²) in [5, 5.41) is 19.2. The van der Waals surface area contributed by atoms with E-state index >= 15 is 0 Å². The number of benzene rings is 1. The molecule has 0 radical (unpaired) electrons. The van der Waals surface area contributed by atoms with Gasteiger partial charge in [0.25, 0.3) is 0 Å². The summed E-state index contributed by atoms with van der Waals surface area (Å²) in [5.41, 5.74) is -0.167. The molecule has 1 aromatic rings. The van der Waals surface area contributed by atoms with Gasteiger partial charge in [-0.25, -0.2) is 9.18 Å². The van der Waals surface area contributed by atoms with Crippen molar-refractivity contribution in [2.24, 2.45) is 0 Å². The largest absolute Gasteiger partial charge is 0.464 e. The van der Waals surface area contributed by atoms with Crippen LogP contribution in [0.1, 0.15) is 18.6 Å². The molecule has 0 heterocycles. The van der Waals surface area contributed by atoms with Crippen LogP contribution in [0, 0.1) is 5.82 Å². The van der Waals surface area contributed by atoms with Gasteiger partial charge in [-0.1, -0.05) is 15.9 Å². The quantitative estimate of drug-likeness (QED) is 0.828. The number of esters is 1. The predicted molar refractivity (Wildman–Crippen MR) is 61.7 cm³/mol. The van der Waals surface area contributed by atoms with E-state index in [1.165, 1.54) is 12.1 Å². The molecule has 2 N–H and O–H groups in total. The Bertz CT molecular complexity index is 410. The minimum atomic E-state index is -1.81. The van der Waals surface area contributed by atoms with E-state index < -0.39 is 24.0 Å². The standard InChI is InChI=1S/C11H12BrFO4/c1-2-17-11(16)10(15)9(14)7-5-6(12)3-4-8(7)13/h3-5,9-10,14-15H,2H2,1H3. The zero-order chi connectivity index (χ0) is 13.0. The summed E-state index contributed by atoms with van der Waals surface area (Å²) in [5.74, 6) is -1.69. The van der Waals surface area contributed by atoms with Crippen LogP contribution in [0.15, 0.2) is 22.7 Å². The third kappa shape index (κ3) is 3.49. The van der Waals surface area contributed by atoms with Crippen molar-refractivity contribution in [2.75, 3.05) is 6.61 Å². The first-order valence-corrected chi connectivity index (χ1v) is 5.74. The Hall–Kier alpha value is -0.980. The normalized spacial score (nSPS) is 14.2. The maximum absolute atomic E-state index is 13.4. The molecule has 0 bridgehead atoms. The lowest BCUT2D eigenvalue weighted by Gasteiger charge is -2.17. The van der Waals surface area contributed by atoms with Crippen LogP contribution >= 0.6 is 15.9 Å². The molecule has 0 aromatic heterocycles. The molecule has 0 spiro atoms. The molecular formula is C11H12BrFO4. The Labute approximate surface area is 106 Å². The van der Waals surface area contributed by atoms with Crippen molar-refractivity contribution in [3.63, 3.8) is 0 Å². The lowest BCUT2D eigenvalue weighted by molar-refractivity contribution is -0.159. The van der Waals surface area contributed by atoms with Gasteiger partial charge in [0.15, 0.2) is 6.10 Å². The Balaban J connectivity index is 2.91. The van der Waals surface area contributed by atoms with E-state index in [9.17, 15) is 19.4 Å². The minimum Gasteiger partial charge on any atom is -0.464 e. The van der Waals surface area contributed by atoms with Gasteiger partial charge >= 0.3 is 5.97 Å². The van der Waals surface area contributed by atoms with Crippen molar-refractivity contribution in [2.45, 2.75) is 19.1 Å². The lowest BCUT2D eigenvalue weighted by atomic mass is 10.0. The topological polar surface area (TPSA) is 66.8 Å². The van der Waals surface area contributed by atoms with Gasteiger partial charge in [0.2, 0.25) is 0 Å². The Morgan fingerprint density at radius 2 is 2.18 bits per heavy atom. The average Bonchev–Trinajstić information content (AvgIpc) is 2.30. The first kappa shape index (κ1) is 14.1. The van der Waals surface area contributed by atoms with E-state index in [0.717, 1.165) is 6.07 Å². The average molecular weight is 307 g/mol. The highest BCUT2D eigenvalue weighted by Crippen LogP contribution is 2.24. The second-order valence-corrected chi connectivity index (χ2v) is 4.22. The molecule has 0 aliphatic heterocycles. The molecule has 94 valence electrons. The fraction of sp³-hybridized carbons (Fsp3) is 0.364. The first-order valence-electron chi connectivity index (χ1n) is 4.95. The Kier molecular flexibility index (Phi) is 5.04. The molecule has 1 rings (SSSR count). The number of halogens is 2. The molecule has 0 aliphatic rings. The smallest absolute Gasteiger partial charge is 0.338 e. The van der Waals surface area contributed by atoms with Gasteiger partial charge in [0, 0.05) is 10.0 Å².